The summed E-state index contributed by atoms with van der Waals surface area (Å²) in [6.07, 6.45) is 0.471. The van der Waals surface area contributed by atoms with Crippen molar-refractivity contribution in [3.63, 3.8) is 0 Å². The molecular weight excluding hydrogens is 302 g/mol. The Morgan fingerprint density at radius 3 is 3.05 bits per heavy atom. The first-order valence-electron chi connectivity index (χ1n) is 7.29. The second-order valence-corrected chi connectivity index (χ2v) is 6.14. The number of anilines is 1. The molecule has 1 fully saturated rings. The standard InChI is InChI=1S/C15H19N3O3S/c1-20-11-2-3-12-13(10-11)22-15(16-12)17-14(19)4-5-18-6-8-21-9-7-18/h2-3,10H,4-9H2,1H3,(H,16,17,19). The van der Waals surface area contributed by atoms with E-state index in [1.54, 1.807) is 7.11 Å². The summed E-state index contributed by atoms with van der Waals surface area (Å²) in [5, 5.41) is 3.51. The van der Waals surface area contributed by atoms with Crippen molar-refractivity contribution in [2.45, 2.75) is 6.42 Å². The van der Waals surface area contributed by atoms with Gasteiger partial charge in [0.05, 0.1) is 30.5 Å². The lowest BCUT2D eigenvalue weighted by atomic mass is 10.3. The molecule has 118 valence electrons. The van der Waals surface area contributed by atoms with Gasteiger partial charge < -0.3 is 14.8 Å². The van der Waals surface area contributed by atoms with Crippen molar-refractivity contribution < 1.29 is 14.3 Å². The zero-order valence-corrected chi connectivity index (χ0v) is 13.3. The zero-order valence-electron chi connectivity index (χ0n) is 12.5. The van der Waals surface area contributed by atoms with Gasteiger partial charge in [-0.2, -0.15) is 0 Å². The fourth-order valence-corrected chi connectivity index (χ4v) is 3.26. The molecule has 0 radical (unpaired) electrons. The van der Waals surface area contributed by atoms with Gasteiger partial charge in [-0.3, -0.25) is 9.69 Å². The molecule has 3 rings (SSSR count). The molecule has 2 aromatic rings. The van der Waals surface area contributed by atoms with Crippen LogP contribution in [0.25, 0.3) is 10.2 Å². The van der Waals surface area contributed by atoms with Gasteiger partial charge in [-0.1, -0.05) is 11.3 Å². The summed E-state index contributed by atoms with van der Waals surface area (Å²) in [5.74, 6) is 0.791. The zero-order chi connectivity index (χ0) is 15.4. The van der Waals surface area contributed by atoms with Crippen LogP contribution in [0.15, 0.2) is 18.2 Å². The van der Waals surface area contributed by atoms with E-state index in [0.29, 0.717) is 11.6 Å². The third-order valence-corrected chi connectivity index (χ3v) is 4.53. The van der Waals surface area contributed by atoms with Crippen molar-refractivity contribution >= 4 is 32.6 Å². The van der Waals surface area contributed by atoms with Gasteiger partial charge in [-0.05, 0) is 18.2 Å². The van der Waals surface area contributed by atoms with E-state index in [0.717, 1.165) is 48.8 Å². The maximum Gasteiger partial charge on any atom is 0.227 e. The van der Waals surface area contributed by atoms with Gasteiger partial charge in [0.1, 0.15) is 5.75 Å². The van der Waals surface area contributed by atoms with Gasteiger partial charge in [0, 0.05) is 26.1 Å². The predicted molar refractivity (Wildman–Crippen MR) is 86.7 cm³/mol. The molecule has 6 nitrogen and oxygen atoms in total. The number of rotatable bonds is 5. The number of nitrogens with zero attached hydrogens (tertiary/aromatic N) is 2. The van der Waals surface area contributed by atoms with Crippen molar-refractivity contribution in [3.8, 4) is 5.75 Å². The lowest BCUT2D eigenvalue weighted by molar-refractivity contribution is -0.116. The third kappa shape index (κ3) is 3.73. The molecule has 2 heterocycles. The SMILES string of the molecule is COc1ccc2nc(NC(=O)CCN3CCOCC3)sc2c1. The summed E-state index contributed by atoms with van der Waals surface area (Å²) in [5.41, 5.74) is 0.870. The first-order chi connectivity index (χ1) is 10.7. The van der Waals surface area contributed by atoms with E-state index in [1.807, 2.05) is 18.2 Å². The molecule has 22 heavy (non-hydrogen) atoms. The van der Waals surface area contributed by atoms with E-state index < -0.39 is 0 Å². The number of nitrogens with one attached hydrogen (secondary N) is 1. The highest BCUT2D eigenvalue weighted by Crippen LogP contribution is 2.29. The topological polar surface area (TPSA) is 63.7 Å². The molecular formula is C15H19N3O3S. The normalized spacial score (nSPS) is 15.9. The number of carbonyl (C=O) groups excluding carboxylic acids is 1. The summed E-state index contributed by atoms with van der Waals surface area (Å²) in [4.78, 5) is 18.7. The third-order valence-electron chi connectivity index (χ3n) is 3.60. The Hall–Kier alpha value is -1.70. The van der Waals surface area contributed by atoms with Crippen LogP contribution < -0.4 is 10.1 Å². The first kappa shape index (κ1) is 15.2. The van der Waals surface area contributed by atoms with Crippen molar-refractivity contribution in [2.75, 3.05) is 45.3 Å². The number of hydrogen-bond donors (Lipinski definition) is 1. The molecule has 1 aromatic carbocycles. The summed E-state index contributed by atoms with van der Waals surface area (Å²) in [7, 11) is 1.64. The second-order valence-electron chi connectivity index (χ2n) is 5.10. The van der Waals surface area contributed by atoms with Gasteiger partial charge in [0.2, 0.25) is 5.91 Å². The van der Waals surface area contributed by atoms with Crippen LogP contribution in [0.3, 0.4) is 0 Å². The highest BCUT2D eigenvalue weighted by Gasteiger charge is 2.13. The fourth-order valence-electron chi connectivity index (χ4n) is 2.35. The Bertz CT molecular complexity index is 653. The number of morpholine rings is 1. The van der Waals surface area contributed by atoms with E-state index >= 15 is 0 Å². The minimum atomic E-state index is -0.00230. The maximum atomic E-state index is 12.0. The molecule has 7 heteroatoms. The number of amides is 1. The molecule has 1 aromatic heterocycles. The minimum Gasteiger partial charge on any atom is -0.497 e. The van der Waals surface area contributed by atoms with Crippen molar-refractivity contribution in [1.82, 2.24) is 9.88 Å². The number of hydrogen-bond acceptors (Lipinski definition) is 6. The molecule has 0 unspecified atom stereocenters. The molecule has 0 spiro atoms. The fraction of sp³-hybridized carbons (Fsp3) is 0.467. The Morgan fingerprint density at radius 1 is 1.45 bits per heavy atom. The van der Waals surface area contributed by atoms with Crippen molar-refractivity contribution in [2.24, 2.45) is 0 Å². The van der Waals surface area contributed by atoms with Crippen LogP contribution in [-0.2, 0) is 9.53 Å². The van der Waals surface area contributed by atoms with Crippen LogP contribution in [0.2, 0.25) is 0 Å². The molecule has 0 bridgehead atoms. The van der Waals surface area contributed by atoms with Gasteiger partial charge in [-0.25, -0.2) is 4.98 Å². The average molecular weight is 321 g/mol. The molecule has 0 atom stereocenters. The van der Waals surface area contributed by atoms with E-state index in [9.17, 15) is 4.79 Å². The number of methoxy groups -OCH3 is 1. The number of fused-ring (bicyclic) bond motifs is 1. The highest BCUT2D eigenvalue weighted by molar-refractivity contribution is 7.22. The molecule has 0 saturated carbocycles. The molecule has 1 saturated heterocycles. The van der Waals surface area contributed by atoms with Gasteiger partial charge in [-0.15, -0.1) is 0 Å². The summed E-state index contributed by atoms with van der Waals surface area (Å²) < 4.78 is 11.5. The Balaban J connectivity index is 1.56. The quantitative estimate of drug-likeness (QED) is 0.912. The first-order valence-corrected chi connectivity index (χ1v) is 8.11. The van der Waals surface area contributed by atoms with Crippen LogP contribution in [0, 0.1) is 0 Å². The van der Waals surface area contributed by atoms with Gasteiger partial charge >= 0.3 is 0 Å². The Morgan fingerprint density at radius 2 is 2.27 bits per heavy atom. The second kappa shape index (κ2) is 7.04. The van der Waals surface area contributed by atoms with E-state index in [4.69, 9.17) is 9.47 Å². The molecule has 1 amide bonds. The van der Waals surface area contributed by atoms with Crippen LogP contribution >= 0.6 is 11.3 Å². The monoisotopic (exact) mass is 321 g/mol. The molecule has 0 aliphatic carbocycles. The van der Waals surface area contributed by atoms with Crippen molar-refractivity contribution in [1.29, 1.82) is 0 Å². The average Bonchev–Trinajstić information content (AvgIpc) is 2.95. The van der Waals surface area contributed by atoms with Crippen LogP contribution in [0.4, 0.5) is 5.13 Å². The molecule has 1 aliphatic heterocycles. The number of carbonyl (C=O) groups is 1. The smallest absolute Gasteiger partial charge is 0.227 e. The lowest BCUT2D eigenvalue weighted by Gasteiger charge is -2.26. The van der Waals surface area contributed by atoms with Crippen molar-refractivity contribution in [3.05, 3.63) is 18.2 Å². The number of ether oxygens (including phenoxy) is 2. The molecule has 1 N–H and O–H groups in total. The van der Waals surface area contributed by atoms with E-state index in [-0.39, 0.29) is 5.91 Å². The van der Waals surface area contributed by atoms with E-state index in [1.165, 1.54) is 11.3 Å². The Labute approximate surface area is 133 Å². The number of aromatic nitrogens is 1. The van der Waals surface area contributed by atoms with Crippen LogP contribution in [0.1, 0.15) is 6.42 Å². The summed E-state index contributed by atoms with van der Waals surface area (Å²) in [6.45, 7) is 4.05. The number of benzene rings is 1. The maximum absolute atomic E-state index is 12.0. The predicted octanol–water partition coefficient (Wildman–Crippen LogP) is 1.97. The van der Waals surface area contributed by atoms with Crippen LogP contribution in [-0.4, -0.2) is 55.7 Å². The van der Waals surface area contributed by atoms with Gasteiger partial charge in [0.15, 0.2) is 5.13 Å². The number of thiazole rings is 1. The summed E-state index contributed by atoms with van der Waals surface area (Å²) >= 11 is 1.46. The lowest BCUT2D eigenvalue weighted by Crippen LogP contribution is -2.38. The largest absolute Gasteiger partial charge is 0.497 e. The Kier molecular flexibility index (Phi) is 4.87. The van der Waals surface area contributed by atoms with Gasteiger partial charge in [0.25, 0.3) is 0 Å². The van der Waals surface area contributed by atoms with E-state index in [2.05, 4.69) is 15.2 Å². The minimum absolute atomic E-state index is 0.00230. The summed E-state index contributed by atoms with van der Waals surface area (Å²) in [6, 6.07) is 5.69. The van der Waals surface area contributed by atoms with Crippen LogP contribution in [0.5, 0.6) is 5.75 Å². The molecule has 1 aliphatic rings. The highest BCUT2D eigenvalue weighted by atomic mass is 32.1.